The number of nitrogens with one attached hydrogen (secondary N) is 2. The molecule has 1 unspecified atom stereocenters. The molecule has 1 heterocycles. The lowest BCUT2D eigenvalue weighted by molar-refractivity contribution is -0.886. The van der Waals surface area contributed by atoms with E-state index in [1.165, 1.54) is 25.3 Å². The molecule has 8 nitrogen and oxygen atoms in total. The van der Waals surface area contributed by atoms with Gasteiger partial charge in [-0.15, -0.1) is 0 Å². The van der Waals surface area contributed by atoms with Crippen LogP contribution in [-0.2, 0) is 11.3 Å². The molecule has 2 N–H and O–H groups in total. The maximum Gasteiger partial charge on any atom is 0.279 e. The monoisotopic (exact) mass is 320 g/mol. The number of anilines is 1. The molecule has 1 aromatic carbocycles. The minimum atomic E-state index is -0.524. The summed E-state index contributed by atoms with van der Waals surface area (Å²) in [5, 5.41) is 13.5. The van der Waals surface area contributed by atoms with Gasteiger partial charge in [0.1, 0.15) is 12.3 Å². The molecule has 122 valence electrons. The highest BCUT2D eigenvalue weighted by molar-refractivity contribution is 5.93. The summed E-state index contributed by atoms with van der Waals surface area (Å²) in [6, 6.07) is 7.68. The van der Waals surface area contributed by atoms with Crippen LogP contribution in [0.4, 0.5) is 11.4 Å². The number of rotatable bonds is 7. The van der Waals surface area contributed by atoms with E-state index >= 15 is 0 Å². The first kappa shape index (κ1) is 16.5. The first-order chi connectivity index (χ1) is 11.0. The molecular formula is C15H18N3O5+. The summed E-state index contributed by atoms with van der Waals surface area (Å²) in [5.41, 5.74) is 0.162. The molecule has 0 spiro atoms. The summed E-state index contributed by atoms with van der Waals surface area (Å²) >= 11 is 0. The lowest BCUT2D eigenvalue weighted by Crippen LogP contribution is -3.08. The second-order valence-corrected chi connectivity index (χ2v) is 5.08. The molecule has 0 aliphatic carbocycles. The summed E-state index contributed by atoms with van der Waals surface area (Å²) in [5.74, 6) is 0.878. The number of hydrogen-bond donors (Lipinski definition) is 2. The summed E-state index contributed by atoms with van der Waals surface area (Å²) in [4.78, 5) is 23.3. The van der Waals surface area contributed by atoms with Gasteiger partial charge in [-0.05, 0) is 18.2 Å². The standard InChI is InChI=1S/C15H17N3O5/c1-17(9-12-4-3-7-23-12)10-15(19)16-13-8-11(18(20)21)5-6-14(13)22-2/h3-8H,9-10H2,1-2H3,(H,16,19)/p+1. The highest BCUT2D eigenvalue weighted by atomic mass is 16.6. The van der Waals surface area contributed by atoms with Crippen molar-refractivity contribution in [2.24, 2.45) is 0 Å². The molecule has 0 radical (unpaired) electrons. The Bertz CT molecular complexity index is 684. The van der Waals surface area contributed by atoms with E-state index in [1.54, 1.807) is 12.3 Å². The number of benzene rings is 1. The highest BCUT2D eigenvalue weighted by Crippen LogP contribution is 2.28. The number of quaternary nitrogens is 1. The fraction of sp³-hybridized carbons (Fsp3) is 0.267. The fourth-order valence-corrected chi connectivity index (χ4v) is 2.15. The Morgan fingerprint density at radius 2 is 2.22 bits per heavy atom. The van der Waals surface area contributed by atoms with Gasteiger partial charge in [0.25, 0.3) is 11.6 Å². The number of ether oxygens (including phenoxy) is 1. The minimum absolute atomic E-state index is 0.114. The van der Waals surface area contributed by atoms with Crippen LogP contribution < -0.4 is 15.0 Å². The van der Waals surface area contributed by atoms with Crippen LogP contribution in [0, 0.1) is 10.1 Å². The van der Waals surface area contributed by atoms with Crippen molar-refractivity contribution in [2.75, 3.05) is 26.0 Å². The largest absolute Gasteiger partial charge is 0.495 e. The number of likely N-dealkylation sites (N-methyl/N-ethyl adjacent to an activating group) is 1. The lowest BCUT2D eigenvalue weighted by atomic mass is 10.2. The van der Waals surface area contributed by atoms with Crippen molar-refractivity contribution in [3.63, 3.8) is 0 Å². The van der Waals surface area contributed by atoms with E-state index < -0.39 is 4.92 Å². The van der Waals surface area contributed by atoms with Crippen LogP contribution in [-0.4, -0.2) is 31.5 Å². The average molecular weight is 320 g/mol. The van der Waals surface area contributed by atoms with Crippen molar-refractivity contribution in [2.45, 2.75) is 6.54 Å². The fourth-order valence-electron chi connectivity index (χ4n) is 2.15. The lowest BCUT2D eigenvalue weighted by Gasteiger charge is -2.13. The number of methoxy groups -OCH3 is 1. The first-order valence-electron chi connectivity index (χ1n) is 6.95. The topological polar surface area (TPSA) is 99.0 Å². The van der Waals surface area contributed by atoms with E-state index in [2.05, 4.69) is 5.32 Å². The molecule has 1 amide bonds. The molecule has 8 heteroatoms. The molecule has 23 heavy (non-hydrogen) atoms. The van der Waals surface area contributed by atoms with Crippen molar-refractivity contribution in [1.82, 2.24) is 0 Å². The number of hydrogen-bond acceptors (Lipinski definition) is 5. The van der Waals surface area contributed by atoms with Gasteiger partial charge < -0.3 is 19.4 Å². The molecule has 1 atom stereocenters. The predicted molar refractivity (Wildman–Crippen MR) is 82.4 cm³/mol. The van der Waals surface area contributed by atoms with Crippen LogP contribution in [0.25, 0.3) is 0 Å². The molecule has 0 aliphatic rings. The number of amides is 1. The smallest absolute Gasteiger partial charge is 0.279 e. The minimum Gasteiger partial charge on any atom is -0.495 e. The molecule has 0 aliphatic heterocycles. The average Bonchev–Trinajstić information content (AvgIpc) is 2.99. The van der Waals surface area contributed by atoms with E-state index in [-0.39, 0.29) is 23.8 Å². The zero-order valence-corrected chi connectivity index (χ0v) is 12.9. The normalized spacial score (nSPS) is 11.7. The molecule has 0 saturated carbocycles. The van der Waals surface area contributed by atoms with E-state index in [9.17, 15) is 14.9 Å². The van der Waals surface area contributed by atoms with Crippen LogP contribution in [0.15, 0.2) is 41.0 Å². The molecule has 2 rings (SSSR count). The molecule has 0 fully saturated rings. The van der Waals surface area contributed by atoms with Gasteiger partial charge in [0.05, 0.1) is 31.0 Å². The van der Waals surface area contributed by atoms with Gasteiger partial charge in [-0.1, -0.05) is 0 Å². The van der Waals surface area contributed by atoms with Gasteiger partial charge in [0, 0.05) is 12.1 Å². The molecular weight excluding hydrogens is 302 g/mol. The van der Waals surface area contributed by atoms with Crippen molar-refractivity contribution in [3.05, 3.63) is 52.5 Å². The van der Waals surface area contributed by atoms with Gasteiger partial charge in [0.15, 0.2) is 12.3 Å². The first-order valence-corrected chi connectivity index (χ1v) is 6.95. The maximum atomic E-state index is 12.1. The second-order valence-electron chi connectivity index (χ2n) is 5.08. The van der Waals surface area contributed by atoms with Crippen LogP contribution in [0.1, 0.15) is 5.76 Å². The zero-order chi connectivity index (χ0) is 16.8. The van der Waals surface area contributed by atoms with E-state index in [1.807, 2.05) is 13.1 Å². The van der Waals surface area contributed by atoms with Gasteiger partial charge in [0.2, 0.25) is 0 Å². The van der Waals surface area contributed by atoms with Gasteiger partial charge in [-0.25, -0.2) is 0 Å². The third-order valence-electron chi connectivity index (χ3n) is 3.19. The maximum absolute atomic E-state index is 12.1. The van der Waals surface area contributed by atoms with Crippen molar-refractivity contribution in [1.29, 1.82) is 0 Å². The van der Waals surface area contributed by atoms with Crippen molar-refractivity contribution >= 4 is 17.3 Å². The van der Waals surface area contributed by atoms with Gasteiger partial charge >= 0.3 is 0 Å². The number of nitro benzene ring substituents is 1. The third kappa shape index (κ3) is 4.55. The number of nitro groups is 1. The Morgan fingerprint density at radius 1 is 1.43 bits per heavy atom. The Labute approximate surface area is 132 Å². The Morgan fingerprint density at radius 3 is 2.83 bits per heavy atom. The molecule has 0 bridgehead atoms. The predicted octanol–water partition coefficient (Wildman–Crippen LogP) is 0.850. The second kappa shape index (κ2) is 7.41. The number of carbonyl (C=O) groups excluding carboxylic acids is 1. The van der Waals surface area contributed by atoms with E-state index in [0.29, 0.717) is 12.3 Å². The van der Waals surface area contributed by atoms with E-state index in [0.717, 1.165) is 10.7 Å². The number of furan rings is 1. The summed E-state index contributed by atoms with van der Waals surface area (Å²) in [6.07, 6.45) is 1.58. The third-order valence-corrected chi connectivity index (χ3v) is 3.19. The van der Waals surface area contributed by atoms with Gasteiger partial charge in [-0.3, -0.25) is 14.9 Å². The SMILES string of the molecule is COc1ccc([N+](=O)[O-])cc1NC(=O)C[NH+](C)Cc1ccco1. The van der Waals surface area contributed by atoms with Crippen molar-refractivity contribution in [3.8, 4) is 5.75 Å². The highest BCUT2D eigenvalue weighted by Gasteiger charge is 2.16. The Kier molecular flexibility index (Phi) is 5.32. The molecule has 1 aromatic heterocycles. The Hall–Kier alpha value is -2.87. The molecule has 0 saturated heterocycles. The summed E-state index contributed by atoms with van der Waals surface area (Å²) in [6.45, 7) is 0.749. The van der Waals surface area contributed by atoms with Crippen LogP contribution in [0.2, 0.25) is 0 Å². The van der Waals surface area contributed by atoms with Gasteiger partial charge in [-0.2, -0.15) is 0 Å². The summed E-state index contributed by atoms with van der Waals surface area (Å²) < 4.78 is 10.3. The quantitative estimate of drug-likeness (QED) is 0.582. The number of nitrogens with zero attached hydrogens (tertiary/aromatic N) is 1. The van der Waals surface area contributed by atoms with Crippen LogP contribution in [0.3, 0.4) is 0 Å². The molecule has 2 aromatic rings. The van der Waals surface area contributed by atoms with E-state index in [4.69, 9.17) is 9.15 Å². The van der Waals surface area contributed by atoms with Crippen molar-refractivity contribution < 1.29 is 23.8 Å². The Balaban J connectivity index is 2.01. The van der Waals surface area contributed by atoms with Crippen LogP contribution >= 0.6 is 0 Å². The number of carbonyl (C=O) groups is 1. The number of non-ortho nitro benzene ring substituents is 1. The zero-order valence-electron chi connectivity index (χ0n) is 12.9. The van der Waals surface area contributed by atoms with Crippen LogP contribution in [0.5, 0.6) is 5.75 Å². The summed E-state index contributed by atoms with van der Waals surface area (Å²) in [7, 11) is 3.29.